The van der Waals surface area contributed by atoms with Gasteiger partial charge in [0.15, 0.2) is 0 Å². The van der Waals surface area contributed by atoms with Gasteiger partial charge in [-0.2, -0.15) is 0 Å². The number of aliphatic carboxylic acids is 2. The number of fused-ring (bicyclic) bond motifs is 2. The zero-order chi connectivity index (χ0) is 49.6. The van der Waals surface area contributed by atoms with Crippen LogP contribution in [0.25, 0.3) is 44.5 Å². The number of carboxylic acids is 2. The van der Waals surface area contributed by atoms with Crippen LogP contribution in [0.1, 0.15) is 48.1 Å². The molecule has 0 atom stereocenters. The summed E-state index contributed by atoms with van der Waals surface area (Å²) in [4.78, 5) is 93.7. The van der Waals surface area contributed by atoms with Crippen LogP contribution in [0.2, 0.25) is 0 Å². The topological polar surface area (TPSA) is 315 Å². The largest absolute Gasteiger partial charge is 0.481 e. The van der Waals surface area contributed by atoms with Gasteiger partial charge in [-0.3, -0.25) is 33.8 Å². The van der Waals surface area contributed by atoms with Gasteiger partial charge in [0.05, 0.1) is 63.1 Å². The average molecular weight is 956 g/mol. The molecule has 356 valence electrons. The minimum atomic E-state index is -1.10. The van der Waals surface area contributed by atoms with Crippen molar-refractivity contribution in [1.29, 1.82) is 0 Å². The molecular formula is C47H37N7O16. The highest BCUT2D eigenvalue weighted by Gasteiger charge is 2.15. The first-order valence-electron chi connectivity index (χ1n) is 20.8. The lowest BCUT2D eigenvalue weighted by molar-refractivity contribution is -0.148. The Labute approximate surface area is 392 Å². The molecule has 23 heteroatoms. The molecule has 0 aliphatic heterocycles. The van der Waals surface area contributed by atoms with Crippen LogP contribution in [-0.4, -0.2) is 82.0 Å². The number of hydrogen-bond acceptors (Lipinski definition) is 19. The number of hydrogen-bond donors (Lipinski definition) is 2. The predicted molar refractivity (Wildman–Crippen MR) is 239 cm³/mol. The van der Waals surface area contributed by atoms with Gasteiger partial charge in [-0.15, -0.1) is 10.2 Å². The van der Waals surface area contributed by atoms with E-state index < -0.39 is 35.1 Å². The van der Waals surface area contributed by atoms with E-state index in [1.807, 2.05) is 0 Å². The lowest BCUT2D eigenvalue weighted by Crippen LogP contribution is -2.09. The summed E-state index contributed by atoms with van der Waals surface area (Å²) in [7, 11) is 0. The Morgan fingerprint density at radius 1 is 0.586 bits per heavy atom. The third kappa shape index (κ3) is 13.2. The standard InChI is InChI=1S/C24H19N3O8.C23H18N4O8/c28-14-34-18-4-1-15(2-5-18)11-27-12-20(25-26-27)16-3-6-19-17(10-24(32)35-21(19)9-16)13-33-23(31)8-7-22(29)30;28-13-34-17-3-2-16(24-9-17)10-27-11-19(25-26-27)14-1-4-18-15(8-23(32)35-20(18)7-14)12-33-22(31)6-5-21(29)30/h1-6,9-10,12,14H,7-8,11,13H2,(H,29,30);1-4,7-9,11,13H,5-6,10,12H2,(H,29,30). The van der Waals surface area contributed by atoms with Crippen LogP contribution < -0.4 is 20.7 Å². The molecule has 23 nitrogen and oxygen atoms in total. The minimum Gasteiger partial charge on any atom is -0.481 e. The lowest BCUT2D eigenvalue weighted by Gasteiger charge is -2.07. The van der Waals surface area contributed by atoms with Crippen molar-refractivity contribution in [2.24, 2.45) is 0 Å². The zero-order valence-corrected chi connectivity index (χ0v) is 36.4. The second-order valence-corrected chi connectivity index (χ2v) is 14.9. The van der Waals surface area contributed by atoms with Crippen LogP contribution in [0, 0.1) is 0 Å². The normalized spacial score (nSPS) is 10.7. The summed E-state index contributed by atoms with van der Waals surface area (Å²) in [5, 5.41) is 35.0. The van der Waals surface area contributed by atoms with E-state index in [1.165, 1.54) is 18.3 Å². The van der Waals surface area contributed by atoms with E-state index in [4.69, 9.17) is 38.0 Å². The molecule has 0 unspecified atom stereocenters. The van der Waals surface area contributed by atoms with Gasteiger partial charge in [0.2, 0.25) is 0 Å². The number of carbonyl (C=O) groups is 6. The molecule has 0 amide bonds. The molecule has 2 N–H and O–H groups in total. The number of pyridine rings is 1. The summed E-state index contributed by atoms with van der Waals surface area (Å²) in [5.74, 6) is -2.78. The van der Waals surface area contributed by atoms with Crippen LogP contribution in [0.15, 0.2) is 122 Å². The molecule has 0 fully saturated rings. The fraction of sp³-hybridized carbons (Fsp3) is 0.170. The van der Waals surface area contributed by atoms with E-state index in [2.05, 4.69) is 25.6 Å². The molecule has 3 aromatic carbocycles. The molecular weight excluding hydrogens is 919 g/mol. The van der Waals surface area contributed by atoms with Crippen molar-refractivity contribution in [3.8, 4) is 34.0 Å². The van der Waals surface area contributed by atoms with Crippen molar-refractivity contribution in [3.63, 3.8) is 0 Å². The Morgan fingerprint density at radius 3 is 1.54 bits per heavy atom. The van der Waals surface area contributed by atoms with Crippen molar-refractivity contribution in [3.05, 3.63) is 147 Å². The van der Waals surface area contributed by atoms with Gasteiger partial charge in [0, 0.05) is 45.2 Å². The van der Waals surface area contributed by atoms with Gasteiger partial charge < -0.3 is 38.0 Å². The molecule has 0 saturated heterocycles. The quantitative estimate of drug-likeness (QED) is 0.0604. The molecule has 70 heavy (non-hydrogen) atoms. The molecule has 8 aromatic rings. The Balaban J connectivity index is 0.000000206. The smallest absolute Gasteiger partial charge is 0.336 e. The Bertz CT molecular complexity index is 3100. The number of carbonyl (C=O) groups excluding carboxylic acids is 4. The third-order valence-electron chi connectivity index (χ3n) is 9.95. The molecule has 0 spiro atoms. The maximum absolute atomic E-state index is 12.0. The molecule has 0 bridgehead atoms. The number of rotatable bonds is 20. The third-order valence-corrected chi connectivity index (χ3v) is 9.95. The van der Waals surface area contributed by atoms with Crippen LogP contribution in [0.5, 0.6) is 11.5 Å². The van der Waals surface area contributed by atoms with Gasteiger partial charge in [-0.25, -0.2) is 19.0 Å². The second-order valence-electron chi connectivity index (χ2n) is 14.9. The number of aromatic nitrogens is 7. The first-order chi connectivity index (χ1) is 33.8. The Morgan fingerprint density at radius 2 is 1.07 bits per heavy atom. The molecule has 5 heterocycles. The number of esters is 2. The van der Waals surface area contributed by atoms with E-state index in [9.17, 15) is 38.4 Å². The first-order valence-corrected chi connectivity index (χ1v) is 20.8. The maximum Gasteiger partial charge on any atom is 0.336 e. The van der Waals surface area contributed by atoms with Gasteiger partial charge >= 0.3 is 35.1 Å². The molecule has 5 aromatic heterocycles. The van der Waals surface area contributed by atoms with E-state index >= 15 is 0 Å². The number of nitrogens with zero attached hydrogens (tertiary/aromatic N) is 7. The summed E-state index contributed by atoms with van der Waals surface area (Å²) >= 11 is 0. The first kappa shape index (κ1) is 48.3. The van der Waals surface area contributed by atoms with Gasteiger partial charge in [-0.1, -0.05) is 46.8 Å². The highest BCUT2D eigenvalue weighted by molar-refractivity contribution is 5.86. The van der Waals surface area contributed by atoms with Crippen LogP contribution in [0.4, 0.5) is 0 Å². The van der Waals surface area contributed by atoms with Gasteiger partial charge in [0.1, 0.15) is 47.3 Å². The van der Waals surface area contributed by atoms with E-state index in [0.717, 1.165) is 5.56 Å². The van der Waals surface area contributed by atoms with Crippen molar-refractivity contribution < 1.29 is 66.8 Å². The van der Waals surface area contributed by atoms with Crippen molar-refractivity contribution in [2.75, 3.05) is 0 Å². The lowest BCUT2D eigenvalue weighted by atomic mass is 10.1. The summed E-state index contributed by atoms with van der Waals surface area (Å²) in [6.45, 7) is 1.07. The molecule has 0 aliphatic carbocycles. The Hall–Kier alpha value is -9.67. The summed E-state index contributed by atoms with van der Waals surface area (Å²) < 4.78 is 33.5. The number of ether oxygens (including phenoxy) is 4. The van der Waals surface area contributed by atoms with E-state index in [-0.39, 0.29) is 50.1 Å². The highest BCUT2D eigenvalue weighted by Crippen LogP contribution is 2.27. The highest BCUT2D eigenvalue weighted by atomic mass is 16.5. The second kappa shape index (κ2) is 22.7. The van der Waals surface area contributed by atoms with E-state index in [0.29, 0.717) is 87.6 Å². The molecule has 8 rings (SSSR count). The van der Waals surface area contributed by atoms with E-state index in [1.54, 1.807) is 94.6 Å². The summed E-state index contributed by atoms with van der Waals surface area (Å²) in [5.41, 5.74) is 4.18. The average Bonchev–Trinajstić information content (AvgIpc) is 4.02. The zero-order valence-electron chi connectivity index (χ0n) is 36.4. The van der Waals surface area contributed by atoms with Crippen molar-refractivity contribution >= 4 is 58.8 Å². The minimum absolute atomic E-state index is 0.188. The molecule has 0 aliphatic rings. The van der Waals surface area contributed by atoms with Crippen molar-refractivity contribution in [2.45, 2.75) is 52.0 Å². The van der Waals surface area contributed by atoms with Gasteiger partial charge in [0.25, 0.3) is 12.9 Å². The van der Waals surface area contributed by atoms with Crippen molar-refractivity contribution in [1.82, 2.24) is 35.0 Å². The number of carboxylic acid groups (broad SMARTS) is 2. The monoisotopic (exact) mass is 955 g/mol. The maximum atomic E-state index is 12.0. The molecule has 0 saturated carbocycles. The number of benzene rings is 3. The summed E-state index contributed by atoms with van der Waals surface area (Å²) in [6, 6.07) is 23.0. The fourth-order valence-corrected chi connectivity index (χ4v) is 6.62. The van der Waals surface area contributed by atoms with Crippen LogP contribution in [-0.2, 0) is 64.5 Å². The predicted octanol–water partition coefficient (Wildman–Crippen LogP) is 4.48. The van der Waals surface area contributed by atoms with Crippen LogP contribution in [0.3, 0.4) is 0 Å². The Kier molecular flexibility index (Phi) is 15.6. The fourth-order valence-electron chi connectivity index (χ4n) is 6.62. The SMILES string of the molecule is O=COc1ccc(Cn2cc(-c3ccc4c(COC(=O)CCC(=O)O)cc(=O)oc4c3)nn2)cc1.O=COc1ccc(Cn2cc(-c3ccc4c(COC(=O)CCC(=O)O)cc(=O)oc4c3)nn2)nc1. The molecule has 0 radical (unpaired) electrons. The van der Waals surface area contributed by atoms with Crippen LogP contribution >= 0.6 is 0 Å². The summed E-state index contributed by atoms with van der Waals surface area (Å²) in [6.07, 6.45) is 3.67. The van der Waals surface area contributed by atoms with Gasteiger partial charge in [-0.05, 0) is 42.0 Å².